The van der Waals surface area contributed by atoms with Crippen molar-refractivity contribution in [2.24, 2.45) is 0 Å². The van der Waals surface area contributed by atoms with Crippen molar-refractivity contribution in [2.75, 3.05) is 17.7 Å². The van der Waals surface area contributed by atoms with E-state index in [-0.39, 0.29) is 23.0 Å². The highest BCUT2D eigenvalue weighted by atomic mass is 32.2. The molecule has 0 bridgehead atoms. The predicted molar refractivity (Wildman–Crippen MR) is 178 cm³/mol. The van der Waals surface area contributed by atoms with Crippen LogP contribution in [0.4, 0.5) is 21.9 Å². The van der Waals surface area contributed by atoms with Gasteiger partial charge in [0, 0.05) is 64.4 Å². The molecule has 0 aliphatic carbocycles. The number of anilines is 2. The molecule has 0 saturated carbocycles. The molecule has 0 fully saturated rings. The highest BCUT2D eigenvalue weighted by Crippen LogP contribution is 2.39. The molecule has 1 heterocycles. The van der Waals surface area contributed by atoms with Gasteiger partial charge in [0.05, 0.1) is 9.80 Å². The Morgan fingerprint density at radius 1 is 1.05 bits per heavy atom. The van der Waals surface area contributed by atoms with Crippen molar-refractivity contribution in [3.63, 3.8) is 0 Å². The van der Waals surface area contributed by atoms with Gasteiger partial charge in [0.15, 0.2) is 0 Å². The second kappa shape index (κ2) is 15.8. The van der Waals surface area contributed by atoms with E-state index in [2.05, 4.69) is 46.4 Å². The predicted octanol–water partition coefficient (Wildman–Crippen LogP) is 7.57. The van der Waals surface area contributed by atoms with E-state index < -0.39 is 11.0 Å². The Hall–Kier alpha value is -4.46. The number of hydrogen-bond acceptors (Lipinski definition) is 10. The molecule has 13 heteroatoms. The van der Waals surface area contributed by atoms with Crippen LogP contribution in [0, 0.1) is 10.1 Å². The van der Waals surface area contributed by atoms with E-state index in [9.17, 15) is 19.7 Å². The second-order valence-corrected chi connectivity index (χ2v) is 12.6. The Labute approximate surface area is 265 Å². The van der Waals surface area contributed by atoms with Gasteiger partial charge in [-0.3, -0.25) is 24.9 Å². The lowest BCUT2D eigenvalue weighted by molar-refractivity contribution is -0.384. The van der Waals surface area contributed by atoms with Crippen molar-refractivity contribution < 1.29 is 19.2 Å². The number of carbonyl (C=O) groups is 2. The molecule has 0 unspecified atom stereocenters. The third-order valence-corrected chi connectivity index (χ3v) is 7.90. The highest BCUT2D eigenvalue weighted by molar-refractivity contribution is 7.97. The van der Waals surface area contributed by atoms with Gasteiger partial charge in [-0.2, -0.15) is 0 Å². The monoisotopic (exact) mass is 636 g/mol. The number of hydrogen-bond donors (Lipinski definition) is 4. The molecule has 0 saturated heterocycles. The highest BCUT2D eigenvalue weighted by Gasteiger charge is 2.17. The van der Waals surface area contributed by atoms with Crippen LogP contribution in [-0.2, 0) is 4.79 Å². The number of nitrogens with zero attached hydrogens (tertiary/aromatic N) is 2. The topological polar surface area (TPSA) is 148 Å². The minimum atomic E-state index is -0.698. The van der Waals surface area contributed by atoms with Crippen LogP contribution in [0.2, 0.25) is 0 Å². The number of nitro groups is 1. The molecule has 232 valence electrons. The fourth-order valence-corrected chi connectivity index (χ4v) is 5.35. The quantitative estimate of drug-likeness (QED) is 0.0598. The molecule has 4 N–H and O–H groups in total. The molecule has 44 heavy (non-hydrogen) atoms. The number of benzene rings is 3. The number of amides is 2. The van der Waals surface area contributed by atoms with Gasteiger partial charge in [-0.05, 0) is 95.1 Å². The third-order valence-electron chi connectivity index (χ3n) is 5.55. The molecule has 0 atom stereocenters. The molecule has 0 aliphatic rings. The molecule has 0 spiro atoms. The summed E-state index contributed by atoms with van der Waals surface area (Å²) in [4.78, 5) is 38.8. The number of thiazole rings is 1. The summed E-state index contributed by atoms with van der Waals surface area (Å²) in [6.45, 7) is 10.0. The van der Waals surface area contributed by atoms with E-state index in [4.69, 9.17) is 4.74 Å². The molecule has 4 aromatic rings. The van der Waals surface area contributed by atoms with Gasteiger partial charge in [0.2, 0.25) is 6.41 Å². The van der Waals surface area contributed by atoms with E-state index in [1.165, 1.54) is 36.2 Å². The minimum absolute atomic E-state index is 0.0810. The van der Waals surface area contributed by atoms with Crippen molar-refractivity contribution >= 4 is 52.9 Å². The van der Waals surface area contributed by atoms with Crippen LogP contribution in [0.25, 0.3) is 21.0 Å². The normalized spacial score (nSPS) is 10.8. The van der Waals surface area contributed by atoms with Crippen LogP contribution in [0.1, 0.15) is 34.6 Å². The maximum atomic E-state index is 12.5. The van der Waals surface area contributed by atoms with Crippen LogP contribution >= 0.6 is 23.3 Å². The number of ether oxygens (including phenoxy) is 1. The summed E-state index contributed by atoms with van der Waals surface area (Å²) in [6, 6.07) is 19.3. The van der Waals surface area contributed by atoms with Gasteiger partial charge < -0.3 is 15.4 Å². The van der Waals surface area contributed by atoms with Crippen molar-refractivity contribution in [3.05, 3.63) is 83.0 Å². The fourth-order valence-electron chi connectivity index (χ4n) is 3.43. The van der Waals surface area contributed by atoms with Crippen molar-refractivity contribution in [2.45, 2.75) is 51.1 Å². The zero-order chi connectivity index (χ0) is 32.3. The van der Waals surface area contributed by atoms with Crippen LogP contribution in [0.5, 0.6) is 5.75 Å². The molecule has 3 aromatic carbocycles. The van der Waals surface area contributed by atoms with Gasteiger partial charge in [0.1, 0.15) is 10.8 Å². The van der Waals surface area contributed by atoms with Crippen LogP contribution < -0.4 is 25.4 Å². The molecule has 0 aliphatic heterocycles. The van der Waals surface area contributed by atoms with Crippen molar-refractivity contribution in [1.82, 2.24) is 15.0 Å². The van der Waals surface area contributed by atoms with E-state index in [1.807, 2.05) is 63.5 Å². The largest absolute Gasteiger partial charge is 0.417 e. The number of nitro benzene ring substituents is 1. The lowest BCUT2D eigenvalue weighted by Crippen LogP contribution is -2.29. The van der Waals surface area contributed by atoms with Gasteiger partial charge in [-0.1, -0.05) is 6.07 Å². The Kier molecular flexibility index (Phi) is 12.3. The first-order valence-corrected chi connectivity index (χ1v) is 15.3. The van der Waals surface area contributed by atoms with Crippen LogP contribution in [0.15, 0.2) is 77.8 Å². The number of rotatable bonds is 10. The Morgan fingerprint density at radius 3 is 2.25 bits per heavy atom. The second-order valence-electron chi connectivity index (χ2n) is 10.7. The standard InChI is InChI=1S/C27H27N5O4S2.C4H9NO/c1-27(2,3)31-38-23-15-19(30-26(33)36-21-12-10-20(11-13-21)32(34)35)9-14-22(23)24-16-29-25(37-24)17-5-7-18(28-4)8-6-17;1-4(2)5-3-6/h5-16,28,31H,1-4H3,(H,30,33);3-4H,1-2H3,(H,5,6). The summed E-state index contributed by atoms with van der Waals surface area (Å²) in [5, 5.41) is 20.1. The molecule has 0 radical (unpaired) electrons. The average Bonchev–Trinajstić information content (AvgIpc) is 3.46. The van der Waals surface area contributed by atoms with Gasteiger partial charge in [0.25, 0.3) is 5.69 Å². The first kappa shape index (κ1) is 34.0. The number of non-ortho nitro benzene ring substituents is 1. The number of nitrogens with one attached hydrogen (secondary N) is 4. The fraction of sp³-hybridized carbons (Fsp3) is 0.258. The SMILES string of the molecule is CC(C)NC=O.CNc1ccc(-c2ncc(-c3ccc(NC(=O)Oc4ccc([N+](=O)[O-])cc4)cc3SNC(C)(C)C)s2)cc1. The van der Waals surface area contributed by atoms with Crippen LogP contribution in [0.3, 0.4) is 0 Å². The number of carbonyl (C=O) groups excluding carboxylic acids is 2. The summed E-state index contributed by atoms with van der Waals surface area (Å²) >= 11 is 3.07. The molecular weight excluding hydrogens is 601 g/mol. The van der Waals surface area contributed by atoms with E-state index in [1.54, 1.807) is 17.4 Å². The molecular formula is C31H36N6O5S2. The lowest BCUT2D eigenvalue weighted by atomic mass is 10.1. The van der Waals surface area contributed by atoms with E-state index in [0.717, 1.165) is 31.6 Å². The smallest absolute Gasteiger partial charge is 0.410 e. The summed E-state index contributed by atoms with van der Waals surface area (Å²) in [5.41, 5.74) is 3.38. The Balaban J connectivity index is 0.000000801. The summed E-state index contributed by atoms with van der Waals surface area (Å²) in [7, 11) is 1.88. The zero-order valence-electron chi connectivity index (χ0n) is 25.3. The summed E-state index contributed by atoms with van der Waals surface area (Å²) in [6.07, 6.45) is 1.86. The maximum absolute atomic E-state index is 12.5. The molecule has 2 amide bonds. The Morgan fingerprint density at radius 2 is 1.70 bits per heavy atom. The first-order chi connectivity index (χ1) is 20.9. The minimum Gasteiger partial charge on any atom is -0.410 e. The van der Waals surface area contributed by atoms with Gasteiger partial charge in [-0.25, -0.2) is 9.78 Å². The Bertz CT molecular complexity index is 1550. The van der Waals surface area contributed by atoms with Gasteiger partial charge >= 0.3 is 6.09 Å². The van der Waals surface area contributed by atoms with E-state index >= 15 is 0 Å². The summed E-state index contributed by atoms with van der Waals surface area (Å²) < 4.78 is 8.71. The van der Waals surface area contributed by atoms with Crippen molar-refractivity contribution in [1.29, 1.82) is 0 Å². The lowest BCUT2D eigenvalue weighted by Gasteiger charge is -2.21. The molecule has 11 nitrogen and oxygen atoms in total. The summed E-state index contributed by atoms with van der Waals surface area (Å²) in [5.74, 6) is 0.202. The van der Waals surface area contributed by atoms with Gasteiger partial charge in [-0.15, -0.1) is 11.3 Å². The number of aromatic nitrogens is 1. The van der Waals surface area contributed by atoms with Crippen LogP contribution in [-0.4, -0.2) is 41.0 Å². The molecule has 1 aromatic heterocycles. The average molecular weight is 637 g/mol. The zero-order valence-corrected chi connectivity index (χ0v) is 27.0. The third kappa shape index (κ3) is 10.7. The molecule has 4 rings (SSSR count). The van der Waals surface area contributed by atoms with E-state index in [0.29, 0.717) is 12.1 Å². The maximum Gasteiger partial charge on any atom is 0.417 e. The van der Waals surface area contributed by atoms with Crippen molar-refractivity contribution in [3.8, 4) is 26.8 Å². The first-order valence-electron chi connectivity index (χ1n) is 13.6.